The van der Waals surface area contributed by atoms with E-state index in [1.54, 1.807) is 83.1 Å². The van der Waals surface area contributed by atoms with E-state index in [2.05, 4.69) is 16.7 Å². The number of carbonyl (C=O) groups excluding carboxylic acids is 4. The summed E-state index contributed by atoms with van der Waals surface area (Å²) in [7, 11) is 0. The number of carbonyl (C=O) groups is 6. The number of hydrogen-bond donors (Lipinski definition) is 5. The highest BCUT2D eigenvalue weighted by Crippen LogP contribution is 2.34. The summed E-state index contributed by atoms with van der Waals surface area (Å²) in [5.74, 6) is -3.62. The predicted molar refractivity (Wildman–Crippen MR) is 305 cm³/mol. The first-order valence-corrected chi connectivity index (χ1v) is 24.7. The lowest BCUT2D eigenvalue weighted by molar-refractivity contribution is -0.150. The highest BCUT2D eigenvalue weighted by Gasteiger charge is 2.48. The first-order valence-electron chi connectivity index (χ1n) is 24.7. The van der Waals surface area contributed by atoms with Crippen LogP contribution in [0, 0.1) is 54.8 Å². The van der Waals surface area contributed by atoms with Gasteiger partial charge in [0.1, 0.15) is 16.6 Å². The van der Waals surface area contributed by atoms with Crippen molar-refractivity contribution in [1.82, 2.24) is 10.6 Å². The van der Waals surface area contributed by atoms with Crippen molar-refractivity contribution in [3.05, 3.63) is 211 Å². The van der Waals surface area contributed by atoms with Gasteiger partial charge in [0.05, 0.1) is 53.7 Å². The molecule has 416 valence electrons. The van der Waals surface area contributed by atoms with Gasteiger partial charge in [-0.25, -0.2) is 14.4 Å². The highest BCUT2D eigenvalue weighted by atomic mass is 16.5. The monoisotopic (exact) mass is 1080 g/mol. The van der Waals surface area contributed by atoms with Gasteiger partial charge in [0.2, 0.25) is 0 Å². The van der Waals surface area contributed by atoms with Crippen molar-refractivity contribution >= 4 is 35.7 Å². The van der Waals surface area contributed by atoms with Gasteiger partial charge in [0, 0.05) is 49.7 Å². The second kappa shape index (κ2) is 28.3. The Labute approximate surface area is 468 Å². The third-order valence-corrected chi connectivity index (χ3v) is 13.9. The number of fused-ring (bicyclic) bond motifs is 3. The number of aliphatic carboxylic acids is 1. The Morgan fingerprint density at radius 1 is 0.475 bits per heavy atom. The number of rotatable bonds is 10. The first kappa shape index (κ1) is 64.9. The van der Waals surface area contributed by atoms with Crippen molar-refractivity contribution < 1.29 is 48.5 Å². The number of benzene rings is 6. The number of aromatic carboxylic acids is 1. The van der Waals surface area contributed by atoms with Crippen LogP contribution in [0.3, 0.4) is 0 Å². The Kier molecular flexibility index (Phi) is 22.9. The molecule has 6 N–H and O–H groups in total. The summed E-state index contributed by atoms with van der Waals surface area (Å²) in [5.41, 5.74) is 12.8. The van der Waals surface area contributed by atoms with Crippen LogP contribution < -0.4 is 16.4 Å². The quantitative estimate of drug-likeness (QED) is 0.0799. The zero-order valence-corrected chi connectivity index (χ0v) is 43.4. The lowest BCUT2D eigenvalue weighted by Gasteiger charge is -2.28. The van der Waals surface area contributed by atoms with E-state index < -0.39 is 40.4 Å². The summed E-state index contributed by atoms with van der Waals surface area (Å²) in [5, 5.41) is 50.9. The first-order chi connectivity index (χ1) is 36.8. The topological polar surface area (TPSA) is 283 Å². The number of nitrogens with two attached hydrogens (primary N) is 1. The number of carboxylic acids is 2. The molecule has 16 nitrogen and oxygen atoms in total. The number of hydrogen-bond acceptors (Lipinski definition) is 12. The van der Waals surface area contributed by atoms with Crippen LogP contribution in [0.1, 0.15) is 134 Å². The normalized spacial score (nSPS) is 13.5. The fourth-order valence-corrected chi connectivity index (χ4v) is 9.70. The molecule has 0 aliphatic heterocycles. The van der Waals surface area contributed by atoms with E-state index in [0.29, 0.717) is 76.8 Å². The molecule has 9 rings (SSSR count). The molecular weight excluding hydrogens is 1010 g/mol. The Bertz CT molecular complexity index is 3330. The van der Waals surface area contributed by atoms with Crippen molar-refractivity contribution in [1.29, 1.82) is 15.8 Å². The number of esters is 2. The van der Waals surface area contributed by atoms with Gasteiger partial charge in [0.15, 0.2) is 0 Å². The Hall–Kier alpha value is -9.43. The van der Waals surface area contributed by atoms with E-state index in [4.69, 9.17) is 30.8 Å². The summed E-state index contributed by atoms with van der Waals surface area (Å²) in [6.07, 6.45) is 2.46. The van der Waals surface area contributed by atoms with E-state index in [1.165, 1.54) is 6.07 Å². The van der Waals surface area contributed by atoms with Crippen LogP contribution in [0.25, 0.3) is 0 Å². The Morgan fingerprint density at radius 3 is 1.10 bits per heavy atom. The summed E-state index contributed by atoms with van der Waals surface area (Å²) in [6, 6.07) is 43.8. The third-order valence-electron chi connectivity index (χ3n) is 13.9. The van der Waals surface area contributed by atoms with Crippen molar-refractivity contribution in [3.63, 3.8) is 0 Å². The molecule has 0 radical (unpaired) electrons. The van der Waals surface area contributed by atoms with E-state index >= 15 is 0 Å². The maximum atomic E-state index is 12.9. The molecule has 0 atom stereocenters. The number of nitrogens with zero attached hydrogens (tertiary/aromatic N) is 3. The number of carboxylic acid groups (broad SMARTS) is 2. The Morgan fingerprint density at radius 2 is 0.775 bits per heavy atom. The number of nitriles is 3. The minimum absolute atomic E-state index is 0. The van der Waals surface area contributed by atoms with Crippen LogP contribution in [0.4, 0.5) is 0 Å². The molecule has 0 heterocycles. The van der Waals surface area contributed by atoms with Crippen molar-refractivity contribution in [3.8, 4) is 18.2 Å². The van der Waals surface area contributed by atoms with Gasteiger partial charge in [-0.15, -0.1) is 0 Å². The van der Waals surface area contributed by atoms with Gasteiger partial charge in [-0.3, -0.25) is 14.4 Å². The average molecular weight is 1080 g/mol. The second-order valence-electron chi connectivity index (χ2n) is 18.9. The molecule has 0 aromatic heterocycles. The molecule has 6 aromatic carbocycles. The van der Waals surface area contributed by atoms with Crippen molar-refractivity contribution in [2.24, 2.45) is 5.73 Å². The maximum absolute atomic E-state index is 12.9. The van der Waals surface area contributed by atoms with E-state index in [9.17, 15) is 39.1 Å². The smallest absolute Gasteiger partial charge is 0.335 e. The molecule has 3 aliphatic rings. The van der Waals surface area contributed by atoms with Crippen LogP contribution in [-0.4, -0.2) is 75.7 Å². The number of nitrogens with one attached hydrogen (secondary N) is 2. The molecule has 0 fully saturated rings. The molecule has 0 bridgehead atoms. The van der Waals surface area contributed by atoms with Crippen LogP contribution in [0.2, 0.25) is 0 Å². The highest BCUT2D eigenvalue weighted by molar-refractivity contribution is 6.01. The second-order valence-corrected chi connectivity index (χ2v) is 18.9. The van der Waals surface area contributed by atoms with Crippen molar-refractivity contribution in [2.75, 3.05) is 13.2 Å². The average Bonchev–Trinajstić information content (AvgIpc) is 4.11. The van der Waals surface area contributed by atoms with Gasteiger partial charge < -0.3 is 36.1 Å². The summed E-state index contributed by atoms with van der Waals surface area (Å²) in [6.45, 7) is 9.21. The van der Waals surface area contributed by atoms with Crippen LogP contribution in [0.15, 0.2) is 127 Å². The summed E-state index contributed by atoms with van der Waals surface area (Å²) < 4.78 is 10.3. The van der Waals surface area contributed by atoms with Gasteiger partial charge in [-0.1, -0.05) is 113 Å². The lowest BCUT2D eigenvalue weighted by atomic mass is 9.94. The maximum Gasteiger partial charge on any atom is 0.335 e. The summed E-state index contributed by atoms with van der Waals surface area (Å²) in [4.78, 5) is 72.5. The molecule has 0 unspecified atom stereocenters. The predicted octanol–water partition coefficient (Wildman–Crippen LogP) is 9.43. The molecular formula is C64H70N6O10. The fraction of sp³-hybridized carbons (Fsp3) is 0.297. The van der Waals surface area contributed by atoms with E-state index in [1.807, 2.05) is 84.9 Å². The molecule has 0 saturated heterocycles. The summed E-state index contributed by atoms with van der Waals surface area (Å²) >= 11 is 0. The zero-order chi connectivity index (χ0) is 56.1. The van der Waals surface area contributed by atoms with Gasteiger partial charge in [-0.2, -0.15) is 15.8 Å². The van der Waals surface area contributed by atoms with Crippen LogP contribution in [0.5, 0.6) is 0 Å². The number of amides is 2. The van der Waals surface area contributed by atoms with E-state index in [0.717, 1.165) is 33.4 Å². The fourth-order valence-electron chi connectivity index (χ4n) is 9.70. The molecule has 3 aliphatic carbocycles. The Balaban J connectivity index is 0.000000288. The molecule has 16 heteroatoms. The van der Waals surface area contributed by atoms with Crippen LogP contribution >= 0.6 is 0 Å². The SMILES string of the molecule is C.C.C.CCOC(=O)C1(N)Cc2ccccc2C1.CCOC(=O)C1(NC(=O)c2cccc(C#N)c2C)Cc2ccccc2C1.Cc1c(C#N)cccc1C(=O)NC1(C(=O)O)Cc2ccccc2C1.Cc1c(C#N)cccc1C(=O)O. The lowest BCUT2D eigenvalue weighted by Crippen LogP contribution is -2.56. The van der Waals surface area contributed by atoms with Gasteiger partial charge >= 0.3 is 23.9 Å². The van der Waals surface area contributed by atoms with Crippen LogP contribution in [-0.2, 0) is 62.4 Å². The molecule has 2 amide bonds. The van der Waals surface area contributed by atoms with Gasteiger partial charge in [0.25, 0.3) is 11.8 Å². The van der Waals surface area contributed by atoms with Gasteiger partial charge in [-0.05, 0) is 121 Å². The molecule has 80 heavy (non-hydrogen) atoms. The number of ether oxygens (including phenoxy) is 2. The largest absolute Gasteiger partial charge is 0.479 e. The third kappa shape index (κ3) is 14.4. The molecule has 0 saturated carbocycles. The molecule has 6 aromatic rings. The van der Waals surface area contributed by atoms with E-state index in [-0.39, 0.29) is 59.2 Å². The molecule has 0 spiro atoms. The minimum atomic E-state index is -1.35. The minimum Gasteiger partial charge on any atom is -0.479 e. The standard InChI is InChI=1S/C21H20N2O3.C19H16N2O3.C12H15NO2.C9H7NO2.3CH4/c1-3-26-20(25)21(11-15-7-4-5-8-16(15)12-21)23-19(24)18-10-6-9-17(13-22)14(18)2;1-12-15(11-20)7-4-8-16(12)17(22)21-19(18(23)24)9-13-5-2-3-6-14(13)10-19;1-2-15-11(14)12(13)7-9-5-3-4-6-10(9)8-12;1-6-7(5-10)3-2-4-8(6)9(11)12;;;/h4-10H,3,11-12H2,1-2H3,(H,23,24);2-8H,9-10H2,1H3,(H,21,22)(H,23,24);3-6H,2,7-8,13H2,1H3;2-4H,1H3,(H,11,12);3*1H4. The van der Waals surface area contributed by atoms with Crippen molar-refractivity contribution in [2.45, 2.75) is 112 Å². The zero-order valence-electron chi connectivity index (χ0n) is 43.4.